The van der Waals surface area contributed by atoms with Gasteiger partial charge < -0.3 is 9.63 Å². The van der Waals surface area contributed by atoms with Crippen LogP contribution in [0.4, 0.5) is 0 Å². The van der Waals surface area contributed by atoms with E-state index in [2.05, 4.69) is 15.1 Å². The lowest BCUT2D eigenvalue weighted by Crippen LogP contribution is -1.97. The van der Waals surface area contributed by atoms with Gasteiger partial charge in [-0.25, -0.2) is 0 Å². The molecule has 2 heterocycles. The Morgan fingerprint density at radius 1 is 1.26 bits per heavy atom. The Bertz CT molecular complexity index is 703. The number of aliphatic hydroxyl groups excluding tert-OH is 1. The number of hydrogen-bond acceptors (Lipinski definition) is 5. The van der Waals surface area contributed by atoms with E-state index < -0.39 is 6.10 Å². The van der Waals surface area contributed by atoms with Crippen molar-refractivity contribution in [2.24, 2.45) is 0 Å². The molecule has 19 heavy (non-hydrogen) atoms. The van der Waals surface area contributed by atoms with Crippen LogP contribution in [0.2, 0.25) is 0 Å². The average molecular weight is 255 g/mol. The minimum atomic E-state index is -0.701. The van der Waals surface area contributed by atoms with E-state index in [1.165, 1.54) is 0 Å². The van der Waals surface area contributed by atoms with Crippen molar-refractivity contribution in [2.75, 3.05) is 0 Å². The van der Waals surface area contributed by atoms with E-state index in [0.717, 1.165) is 10.8 Å². The number of aromatic nitrogens is 3. The van der Waals surface area contributed by atoms with Crippen molar-refractivity contribution in [3.8, 4) is 11.6 Å². The molecule has 0 saturated carbocycles. The van der Waals surface area contributed by atoms with Crippen LogP contribution in [0.5, 0.6) is 0 Å². The van der Waals surface area contributed by atoms with Crippen LogP contribution in [0.1, 0.15) is 25.3 Å². The molecular formula is C14H13N3O2. The fraction of sp³-hybridized carbons (Fsp3) is 0.214. The first-order valence-electron chi connectivity index (χ1n) is 6.15. The zero-order chi connectivity index (χ0) is 13.2. The summed E-state index contributed by atoms with van der Waals surface area (Å²) in [6, 6.07) is 9.78. The predicted octanol–water partition coefficient (Wildman–Crippen LogP) is 2.73. The molecule has 0 fully saturated rings. The second-order valence-electron chi connectivity index (χ2n) is 4.26. The first-order chi connectivity index (χ1) is 9.29. The van der Waals surface area contributed by atoms with Crippen molar-refractivity contribution in [3.05, 3.63) is 42.4 Å². The summed E-state index contributed by atoms with van der Waals surface area (Å²) >= 11 is 0. The van der Waals surface area contributed by atoms with Gasteiger partial charge in [0.15, 0.2) is 0 Å². The van der Waals surface area contributed by atoms with Crippen LogP contribution in [-0.4, -0.2) is 20.2 Å². The molecule has 0 aliphatic heterocycles. The van der Waals surface area contributed by atoms with Gasteiger partial charge in [0.05, 0.1) is 0 Å². The first-order valence-corrected chi connectivity index (χ1v) is 6.15. The Balaban J connectivity index is 2.12. The smallest absolute Gasteiger partial charge is 0.277 e. The number of hydrogen-bond donors (Lipinski definition) is 1. The Morgan fingerprint density at radius 3 is 2.95 bits per heavy atom. The summed E-state index contributed by atoms with van der Waals surface area (Å²) in [6.45, 7) is 1.86. The van der Waals surface area contributed by atoms with Gasteiger partial charge >= 0.3 is 0 Å². The van der Waals surface area contributed by atoms with Crippen molar-refractivity contribution in [2.45, 2.75) is 19.4 Å². The molecule has 3 rings (SSSR count). The molecule has 0 radical (unpaired) electrons. The molecule has 2 aromatic heterocycles. The molecule has 0 saturated heterocycles. The fourth-order valence-electron chi connectivity index (χ4n) is 1.94. The maximum absolute atomic E-state index is 9.70. The SMILES string of the molecule is CCC(O)c1noc(-c2nccc3ccccc23)n1. The molecule has 1 N–H and O–H groups in total. The molecule has 0 amide bonds. The summed E-state index contributed by atoms with van der Waals surface area (Å²) in [5.74, 6) is 0.631. The van der Waals surface area contributed by atoms with E-state index in [0.29, 0.717) is 23.8 Å². The Morgan fingerprint density at radius 2 is 2.11 bits per heavy atom. The first kappa shape index (κ1) is 11.8. The van der Waals surface area contributed by atoms with Crippen molar-refractivity contribution >= 4 is 10.8 Å². The maximum atomic E-state index is 9.70. The Labute approximate surface area is 109 Å². The van der Waals surface area contributed by atoms with Gasteiger partial charge in [-0.3, -0.25) is 4.98 Å². The van der Waals surface area contributed by atoms with Crippen molar-refractivity contribution in [3.63, 3.8) is 0 Å². The van der Waals surface area contributed by atoms with Crippen LogP contribution < -0.4 is 0 Å². The summed E-state index contributed by atoms with van der Waals surface area (Å²) in [6.07, 6.45) is 1.55. The zero-order valence-electron chi connectivity index (χ0n) is 10.4. The summed E-state index contributed by atoms with van der Waals surface area (Å²) in [5.41, 5.74) is 0.639. The number of fused-ring (bicyclic) bond motifs is 1. The van der Waals surface area contributed by atoms with Gasteiger partial charge in [0, 0.05) is 11.6 Å². The summed E-state index contributed by atoms with van der Waals surface area (Å²) in [5, 5.41) is 15.5. The van der Waals surface area contributed by atoms with Gasteiger partial charge in [-0.2, -0.15) is 4.98 Å². The monoisotopic (exact) mass is 255 g/mol. The number of nitrogens with zero attached hydrogens (tertiary/aromatic N) is 3. The summed E-state index contributed by atoms with van der Waals surface area (Å²) in [4.78, 5) is 8.51. The van der Waals surface area contributed by atoms with Crippen LogP contribution >= 0.6 is 0 Å². The van der Waals surface area contributed by atoms with E-state index in [9.17, 15) is 5.11 Å². The van der Waals surface area contributed by atoms with Gasteiger partial charge in [0.1, 0.15) is 11.8 Å². The van der Waals surface area contributed by atoms with Gasteiger partial charge in [-0.1, -0.05) is 36.3 Å². The van der Waals surface area contributed by atoms with E-state index in [1.54, 1.807) is 6.20 Å². The van der Waals surface area contributed by atoms with Crippen LogP contribution in [-0.2, 0) is 0 Å². The fourth-order valence-corrected chi connectivity index (χ4v) is 1.94. The van der Waals surface area contributed by atoms with Crippen molar-refractivity contribution in [1.82, 2.24) is 15.1 Å². The number of benzene rings is 1. The van der Waals surface area contributed by atoms with Crippen LogP contribution in [0.25, 0.3) is 22.4 Å². The van der Waals surface area contributed by atoms with E-state index in [-0.39, 0.29) is 0 Å². The van der Waals surface area contributed by atoms with Crippen LogP contribution in [0, 0.1) is 0 Å². The Hall–Kier alpha value is -2.27. The third-order valence-electron chi connectivity index (χ3n) is 3.00. The van der Waals surface area contributed by atoms with Crippen LogP contribution in [0.15, 0.2) is 41.1 Å². The number of pyridine rings is 1. The zero-order valence-corrected chi connectivity index (χ0v) is 10.4. The standard InChI is InChI=1S/C14H13N3O2/c1-2-11(18)13-16-14(19-17-13)12-10-6-4-3-5-9(10)7-8-15-12/h3-8,11,18H,2H2,1H3. The van der Waals surface area contributed by atoms with Gasteiger partial charge in [0.2, 0.25) is 5.82 Å². The number of aliphatic hydroxyl groups is 1. The quantitative estimate of drug-likeness (QED) is 0.779. The second kappa shape index (κ2) is 4.78. The van der Waals surface area contributed by atoms with Crippen molar-refractivity contribution < 1.29 is 9.63 Å². The van der Waals surface area contributed by atoms with E-state index in [1.807, 2.05) is 37.3 Å². The van der Waals surface area contributed by atoms with E-state index >= 15 is 0 Å². The van der Waals surface area contributed by atoms with Gasteiger partial charge in [0.25, 0.3) is 5.89 Å². The molecule has 1 atom stereocenters. The minimum absolute atomic E-state index is 0.298. The lowest BCUT2D eigenvalue weighted by atomic mass is 10.1. The molecule has 5 nitrogen and oxygen atoms in total. The highest BCUT2D eigenvalue weighted by molar-refractivity contribution is 5.92. The van der Waals surface area contributed by atoms with Gasteiger partial charge in [-0.15, -0.1) is 0 Å². The predicted molar refractivity (Wildman–Crippen MR) is 70.3 cm³/mol. The molecule has 96 valence electrons. The maximum Gasteiger partial charge on any atom is 0.277 e. The lowest BCUT2D eigenvalue weighted by Gasteiger charge is -2.00. The highest BCUT2D eigenvalue weighted by atomic mass is 16.5. The minimum Gasteiger partial charge on any atom is -0.385 e. The third-order valence-corrected chi connectivity index (χ3v) is 3.00. The molecule has 0 aliphatic carbocycles. The van der Waals surface area contributed by atoms with E-state index in [4.69, 9.17) is 4.52 Å². The highest BCUT2D eigenvalue weighted by Gasteiger charge is 2.17. The lowest BCUT2D eigenvalue weighted by molar-refractivity contribution is 0.159. The summed E-state index contributed by atoms with van der Waals surface area (Å²) < 4.78 is 5.20. The van der Waals surface area contributed by atoms with Gasteiger partial charge in [-0.05, 0) is 17.9 Å². The molecule has 5 heteroatoms. The largest absolute Gasteiger partial charge is 0.385 e. The molecule has 3 aromatic rings. The molecule has 0 bridgehead atoms. The molecule has 1 unspecified atom stereocenters. The molecule has 0 spiro atoms. The Kier molecular flexibility index (Phi) is 2.97. The average Bonchev–Trinajstić information content (AvgIpc) is 2.95. The number of rotatable bonds is 3. The van der Waals surface area contributed by atoms with Crippen LogP contribution in [0.3, 0.4) is 0 Å². The summed E-state index contributed by atoms with van der Waals surface area (Å²) in [7, 11) is 0. The highest BCUT2D eigenvalue weighted by Crippen LogP contribution is 2.26. The van der Waals surface area contributed by atoms with Crippen molar-refractivity contribution in [1.29, 1.82) is 0 Å². The topological polar surface area (TPSA) is 72.0 Å². The molecule has 1 aromatic carbocycles. The molecular weight excluding hydrogens is 242 g/mol. The normalized spacial score (nSPS) is 12.7. The second-order valence-corrected chi connectivity index (χ2v) is 4.26. The third kappa shape index (κ3) is 2.08. The molecule has 0 aliphatic rings.